The van der Waals surface area contributed by atoms with Crippen LogP contribution in [0.25, 0.3) is 22.8 Å². The van der Waals surface area contributed by atoms with Gasteiger partial charge in [-0.25, -0.2) is 4.98 Å². The molecule has 0 aliphatic heterocycles. The molecule has 106 valence electrons. The van der Waals surface area contributed by atoms with Crippen LogP contribution in [0.15, 0.2) is 48.5 Å². The molecule has 0 radical (unpaired) electrons. The molecule has 1 N–H and O–H groups in total. The van der Waals surface area contributed by atoms with Crippen LogP contribution in [0.2, 0.25) is 0 Å². The predicted molar refractivity (Wildman–Crippen MR) is 86.3 cm³/mol. The fourth-order valence-electron chi connectivity index (χ4n) is 2.14. The van der Waals surface area contributed by atoms with Crippen molar-refractivity contribution < 1.29 is 0 Å². The van der Waals surface area contributed by atoms with E-state index in [0.717, 1.165) is 28.5 Å². The number of nitrogens with zero attached hydrogens (tertiary/aromatic N) is 3. The molecular weight excluding hydrogens is 260 g/mol. The maximum absolute atomic E-state index is 4.57. The van der Waals surface area contributed by atoms with Crippen molar-refractivity contribution >= 4 is 5.69 Å². The van der Waals surface area contributed by atoms with Gasteiger partial charge in [-0.1, -0.05) is 29.8 Å². The van der Waals surface area contributed by atoms with Crippen LogP contribution in [-0.4, -0.2) is 29.3 Å². The SMILES string of the molecule is Cc1ccc(-c2nc(-c3ccc(N(C)C)cc3)n[nH]2)cc1. The van der Waals surface area contributed by atoms with E-state index >= 15 is 0 Å². The number of rotatable bonds is 3. The lowest BCUT2D eigenvalue weighted by Gasteiger charge is -2.11. The molecule has 4 heteroatoms. The van der Waals surface area contributed by atoms with Crippen LogP contribution in [0.1, 0.15) is 5.56 Å². The van der Waals surface area contributed by atoms with Crippen LogP contribution in [-0.2, 0) is 0 Å². The zero-order valence-corrected chi connectivity index (χ0v) is 12.5. The molecule has 0 amide bonds. The Hall–Kier alpha value is -2.62. The molecule has 3 rings (SSSR count). The lowest BCUT2D eigenvalue weighted by molar-refractivity contribution is 1.10. The van der Waals surface area contributed by atoms with E-state index in [1.165, 1.54) is 5.56 Å². The molecule has 0 saturated carbocycles. The van der Waals surface area contributed by atoms with Crippen LogP contribution in [0.3, 0.4) is 0 Å². The number of aromatic amines is 1. The Balaban J connectivity index is 1.89. The summed E-state index contributed by atoms with van der Waals surface area (Å²) in [5.74, 6) is 1.51. The number of aryl methyl sites for hydroxylation is 1. The van der Waals surface area contributed by atoms with E-state index in [0.29, 0.717) is 0 Å². The minimum absolute atomic E-state index is 0.718. The quantitative estimate of drug-likeness (QED) is 0.797. The van der Waals surface area contributed by atoms with Gasteiger partial charge in [0.15, 0.2) is 11.6 Å². The van der Waals surface area contributed by atoms with Gasteiger partial charge >= 0.3 is 0 Å². The van der Waals surface area contributed by atoms with E-state index < -0.39 is 0 Å². The summed E-state index contributed by atoms with van der Waals surface area (Å²) >= 11 is 0. The van der Waals surface area contributed by atoms with Gasteiger partial charge in [-0.2, -0.15) is 5.10 Å². The molecule has 0 atom stereocenters. The van der Waals surface area contributed by atoms with Gasteiger partial charge in [0.2, 0.25) is 0 Å². The van der Waals surface area contributed by atoms with Crippen molar-refractivity contribution in [2.75, 3.05) is 19.0 Å². The number of H-pyrrole nitrogens is 1. The third-order valence-corrected chi connectivity index (χ3v) is 3.45. The van der Waals surface area contributed by atoms with Crippen LogP contribution in [0, 0.1) is 6.92 Å². The molecule has 0 aliphatic carbocycles. The fraction of sp³-hybridized carbons (Fsp3) is 0.176. The maximum atomic E-state index is 4.57. The van der Waals surface area contributed by atoms with Gasteiger partial charge < -0.3 is 4.90 Å². The molecule has 0 spiro atoms. The van der Waals surface area contributed by atoms with Gasteiger partial charge in [0.05, 0.1) is 0 Å². The van der Waals surface area contributed by atoms with Crippen molar-refractivity contribution in [1.82, 2.24) is 15.2 Å². The highest BCUT2D eigenvalue weighted by Gasteiger charge is 2.07. The second-order valence-corrected chi connectivity index (χ2v) is 5.31. The lowest BCUT2D eigenvalue weighted by Crippen LogP contribution is -2.07. The van der Waals surface area contributed by atoms with Crippen molar-refractivity contribution in [3.63, 3.8) is 0 Å². The molecule has 0 aliphatic rings. The van der Waals surface area contributed by atoms with Crippen LogP contribution < -0.4 is 4.90 Å². The normalized spacial score (nSPS) is 10.6. The number of benzene rings is 2. The Bertz CT molecular complexity index is 724. The summed E-state index contributed by atoms with van der Waals surface area (Å²) in [6, 6.07) is 16.5. The molecule has 21 heavy (non-hydrogen) atoms. The molecule has 2 aromatic carbocycles. The minimum atomic E-state index is 0.718. The van der Waals surface area contributed by atoms with E-state index in [9.17, 15) is 0 Å². The Morgan fingerprint density at radius 1 is 0.857 bits per heavy atom. The van der Waals surface area contributed by atoms with Crippen molar-refractivity contribution in [3.8, 4) is 22.8 Å². The van der Waals surface area contributed by atoms with Gasteiger partial charge in [-0.3, -0.25) is 5.10 Å². The zero-order valence-electron chi connectivity index (χ0n) is 12.5. The third kappa shape index (κ3) is 2.79. The number of anilines is 1. The zero-order chi connectivity index (χ0) is 14.8. The molecule has 1 heterocycles. The number of hydrogen-bond acceptors (Lipinski definition) is 3. The van der Waals surface area contributed by atoms with Gasteiger partial charge in [0.1, 0.15) is 0 Å². The van der Waals surface area contributed by atoms with Crippen molar-refractivity contribution in [2.24, 2.45) is 0 Å². The van der Waals surface area contributed by atoms with E-state index in [2.05, 4.69) is 63.4 Å². The maximum Gasteiger partial charge on any atom is 0.181 e. The smallest absolute Gasteiger partial charge is 0.181 e. The second kappa shape index (κ2) is 5.40. The van der Waals surface area contributed by atoms with Crippen molar-refractivity contribution in [2.45, 2.75) is 6.92 Å². The molecule has 3 aromatic rings. The first kappa shape index (κ1) is 13.4. The second-order valence-electron chi connectivity index (χ2n) is 5.31. The Morgan fingerprint density at radius 2 is 1.48 bits per heavy atom. The highest BCUT2D eigenvalue weighted by atomic mass is 15.2. The highest BCUT2D eigenvalue weighted by Crippen LogP contribution is 2.22. The summed E-state index contributed by atoms with van der Waals surface area (Å²) in [4.78, 5) is 6.64. The summed E-state index contributed by atoms with van der Waals surface area (Å²) in [7, 11) is 4.05. The topological polar surface area (TPSA) is 44.8 Å². The number of nitrogens with one attached hydrogen (secondary N) is 1. The van der Waals surface area contributed by atoms with Crippen LogP contribution in [0.5, 0.6) is 0 Å². The lowest BCUT2D eigenvalue weighted by atomic mass is 10.1. The summed E-state index contributed by atoms with van der Waals surface area (Å²) in [6.07, 6.45) is 0. The van der Waals surface area contributed by atoms with E-state index in [4.69, 9.17) is 0 Å². The van der Waals surface area contributed by atoms with E-state index in [1.54, 1.807) is 0 Å². The number of aromatic nitrogens is 3. The molecule has 0 fully saturated rings. The largest absolute Gasteiger partial charge is 0.378 e. The molecular formula is C17H18N4. The molecule has 1 aromatic heterocycles. The fourth-order valence-corrected chi connectivity index (χ4v) is 2.14. The molecule has 0 unspecified atom stereocenters. The van der Waals surface area contributed by atoms with Gasteiger partial charge in [-0.15, -0.1) is 0 Å². The van der Waals surface area contributed by atoms with Gasteiger partial charge in [0.25, 0.3) is 0 Å². The Morgan fingerprint density at radius 3 is 2.10 bits per heavy atom. The Kier molecular flexibility index (Phi) is 3.44. The average Bonchev–Trinajstić information content (AvgIpc) is 2.98. The first-order valence-corrected chi connectivity index (χ1v) is 6.91. The summed E-state index contributed by atoms with van der Waals surface area (Å²) < 4.78 is 0. The average molecular weight is 278 g/mol. The molecule has 4 nitrogen and oxygen atoms in total. The number of hydrogen-bond donors (Lipinski definition) is 1. The highest BCUT2D eigenvalue weighted by molar-refractivity contribution is 5.63. The Labute approximate surface area is 124 Å². The third-order valence-electron chi connectivity index (χ3n) is 3.45. The van der Waals surface area contributed by atoms with Crippen LogP contribution >= 0.6 is 0 Å². The molecule has 0 bridgehead atoms. The van der Waals surface area contributed by atoms with E-state index in [-0.39, 0.29) is 0 Å². The van der Waals surface area contributed by atoms with Gasteiger partial charge in [0, 0.05) is 30.9 Å². The van der Waals surface area contributed by atoms with Crippen molar-refractivity contribution in [3.05, 3.63) is 54.1 Å². The predicted octanol–water partition coefficient (Wildman–Crippen LogP) is 3.51. The monoisotopic (exact) mass is 278 g/mol. The summed E-state index contributed by atoms with van der Waals surface area (Å²) in [6.45, 7) is 2.07. The summed E-state index contributed by atoms with van der Waals surface area (Å²) in [5.41, 5.74) is 4.45. The first-order valence-electron chi connectivity index (χ1n) is 6.91. The first-order chi connectivity index (χ1) is 10.1. The molecule has 0 saturated heterocycles. The standard InChI is InChI=1S/C17H18N4/c1-12-4-6-13(7-5-12)16-18-17(20-19-16)14-8-10-15(11-9-14)21(2)3/h4-11H,1-3H3,(H,18,19,20). The minimum Gasteiger partial charge on any atom is -0.378 e. The van der Waals surface area contributed by atoms with Crippen molar-refractivity contribution in [1.29, 1.82) is 0 Å². The summed E-state index contributed by atoms with van der Waals surface area (Å²) in [5, 5.41) is 7.32. The van der Waals surface area contributed by atoms with Crippen LogP contribution in [0.4, 0.5) is 5.69 Å². The van der Waals surface area contributed by atoms with E-state index in [1.807, 2.05) is 26.2 Å². The van der Waals surface area contributed by atoms with Gasteiger partial charge in [-0.05, 0) is 31.2 Å².